The van der Waals surface area contributed by atoms with E-state index in [0.29, 0.717) is 124 Å². The largest absolute Gasteiger partial charge is 0.489 e. The predicted molar refractivity (Wildman–Crippen MR) is 147 cm³/mol. The van der Waals surface area contributed by atoms with E-state index >= 15 is 0 Å². The monoisotopic (exact) mass is 574 g/mol. The first-order valence-corrected chi connectivity index (χ1v) is 13.6. The molecule has 0 aliphatic rings. The van der Waals surface area contributed by atoms with Crippen molar-refractivity contribution in [3.8, 4) is 5.75 Å². The van der Waals surface area contributed by atoms with Crippen LogP contribution in [0.5, 0.6) is 5.75 Å². The van der Waals surface area contributed by atoms with Crippen LogP contribution in [0.1, 0.15) is 19.3 Å². The molecule has 0 unspecified atom stereocenters. The Morgan fingerprint density at radius 1 is 0.625 bits per heavy atom. The number of ether oxygens (including phenoxy) is 8. The summed E-state index contributed by atoms with van der Waals surface area (Å²) < 4.78 is 43.6. The number of nitrogens with two attached hydrogens (primary N) is 1. The molecule has 0 saturated carbocycles. The lowest BCUT2D eigenvalue weighted by Gasteiger charge is -2.09. The minimum atomic E-state index is -0.982. The zero-order chi connectivity index (χ0) is 28.9. The second kappa shape index (κ2) is 26.7. The quantitative estimate of drug-likeness (QED) is 0.0924. The van der Waals surface area contributed by atoms with Crippen LogP contribution in [-0.2, 0) is 42.7 Å². The van der Waals surface area contributed by atoms with Gasteiger partial charge < -0.3 is 54.1 Å². The molecule has 0 aromatic heterocycles. The van der Waals surface area contributed by atoms with Gasteiger partial charge in [-0.1, -0.05) is 12.1 Å². The Morgan fingerprint density at radius 2 is 1.05 bits per heavy atom. The second-order valence-electron chi connectivity index (χ2n) is 8.27. The number of benzene rings is 1. The first-order valence-electron chi connectivity index (χ1n) is 13.6. The van der Waals surface area contributed by atoms with E-state index in [1.54, 1.807) is 6.07 Å². The maximum absolute atomic E-state index is 11.3. The van der Waals surface area contributed by atoms with E-state index in [2.05, 4.69) is 5.32 Å². The molecule has 13 nitrogen and oxygen atoms in total. The fraction of sp³-hybridized carbons (Fsp3) is 0.704. The van der Waals surface area contributed by atoms with E-state index in [9.17, 15) is 9.59 Å². The minimum Gasteiger partial charge on any atom is -0.489 e. The number of carboxylic acid groups (broad SMARTS) is 1. The number of carbonyl (C=O) groups excluding carboxylic acids is 1. The summed E-state index contributed by atoms with van der Waals surface area (Å²) in [5, 5.41) is 11.2. The van der Waals surface area contributed by atoms with Crippen LogP contribution >= 0.6 is 0 Å². The van der Waals surface area contributed by atoms with Gasteiger partial charge in [0.05, 0.1) is 98.0 Å². The van der Waals surface area contributed by atoms with Crippen molar-refractivity contribution in [1.29, 1.82) is 0 Å². The molecular weight excluding hydrogens is 528 g/mol. The number of amides is 1. The predicted octanol–water partition coefficient (Wildman–Crippen LogP) is 1.13. The molecule has 0 saturated heterocycles. The number of carbonyl (C=O) groups is 2. The molecule has 230 valence electrons. The summed E-state index contributed by atoms with van der Waals surface area (Å²) in [7, 11) is 0. The van der Waals surface area contributed by atoms with Crippen LogP contribution in [0.4, 0.5) is 5.69 Å². The summed E-state index contributed by atoms with van der Waals surface area (Å²) in [6.45, 7) is 7.56. The molecular formula is C27H46N2O11. The third-order valence-corrected chi connectivity index (χ3v) is 4.99. The Hall–Kier alpha value is -2.52. The summed E-state index contributed by atoms with van der Waals surface area (Å²) in [6.07, 6.45) is 0.483. The molecule has 1 aromatic carbocycles. The van der Waals surface area contributed by atoms with Crippen molar-refractivity contribution in [3.63, 3.8) is 0 Å². The molecule has 0 bridgehead atoms. The zero-order valence-corrected chi connectivity index (χ0v) is 23.4. The summed E-state index contributed by atoms with van der Waals surface area (Å²) in [6, 6.07) is 7.35. The maximum Gasteiger partial charge on any atom is 0.303 e. The van der Waals surface area contributed by atoms with Crippen molar-refractivity contribution in [3.05, 3.63) is 24.3 Å². The Morgan fingerprint density at radius 3 is 1.50 bits per heavy atom. The topological polar surface area (TPSA) is 166 Å². The van der Waals surface area contributed by atoms with Crippen molar-refractivity contribution in [2.75, 3.05) is 111 Å². The summed E-state index contributed by atoms with van der Waals surface area (Å²) in [5.74, 6) is -0.587. The number of hydrogen-bond acceptors (Lipinski definition) is 11. The van der Waals surface area contributed by atoms with Crippen LogP contribution in [0.25, 0.3) is 0 Å². The number of nitrogen functional groups attached to an aromatic ring is 1. The lowest BCUT2D eigenvalue weighted by Crippen LogP contribution is -2.25. The number of carboxylic acids is 1. The lowest BCUT2D eigenvalue weighted by molar-refractivity contribution is -0.138. The third kappa shape index (κ3) is 23.4. The Kier molecular flexibility index (Phi) is 23.7. The van der Waals surface area contributed by atoms with Crippen molar-refractivity contribution < 1.29 is 52.6 Å². The Labute approximate surface area is 236 Å². The fourth-order valence-corrected chi connectivity index (χ4v) is 2.95. The highest BCUT2D eigenvalue weighted by Crippen LogP contribution is 2.19. The number of para-hydroxylation sites is 2. The molecule has 0 aliphatic heterocycles. The first-order chi connectivity index (χ1) is 19.6. The second-order valence-corrected chi connectivity index (χ2v) is 8.27. The molecule has 1 aromatic rings. The minimum absolute atomic E-state index is 0.00836. The van der Waals surface area contributed by atoms with E-state index in [0.717, 1.165) is 0 Å². The van der Waals surface area contributed by atoms with Gasteiger partial charge >= 0.3 is 5.97 Å². The van der Waals surface area contributed by atoms with Gasteiger partial charge in [-0.05, 0) is 18.6 Å². The van der Waals surface area contributed by atoms with Crippen LogP contribution in [-0.4, -0.2) is 123 Å². The highest BCUT2D eigenvalue weighted by Gasteiger charge is 2.04. The van der Waals surface area contributed by atoms with Gasteiger partial charge in [-0.2, -0.15) is 0 Å². The molecule has 0 heterocycles. The van der Waals surface area contributed by atoms with Gasteiger partial charge in [0.15, 0.2) is 0 Å². The fourth-order valence-electron chi connectivity index (χ4n) is 2.95. The third-order valence-electron chi connectivity index (χ3n) is 4.99. The van der Waals surface area contributed by atoms with Gasteiger partial charge in [-0.3, -0.25) is 9.59 Å². The van der Waals surface area contributed by atoms with Crippen LogP contribution in [0.3, 0.4) is 0 Å². The molecule has 0 fully saturated rings. The van der Waals surface area contributed by atoms with Gasteiger partial charge in [-0.25, -0.2) is 0 Å². The van der Waals surface area contributed by atoms with Crippen LogP contribution < -0.4 is 15.8 Å². The van der Waals surface area contributed by atoms with Crippen LogP contribution in [0.15, 0.2) is 24.3 Å². The Bertz CT molecular complexity index is 755. The average molecular weight is 575 g/mol. The van der Waals surface area contributed by atoms with Gasteiger partial charge in [0.2, 0.25) is 5.91 Å². The lowest BCUT2D eigenvalue weighted by atomic mass is 10.3. The van der Waals surface area contributed by atoms with Crippen LogP contribution in [0, 0.1) is 0 Å². The number of nitrogens with one attached hydrogen (secondary N) is 1. The average Bonchev–Trinajstić information content (AvgIpc) is 2.94. The number of hydrogen-bond donors (Lipinski definition) is 3. The Balaban J connectivity index is 1.67. The highest BCUT2D eigenvalue weighted by molar-refractivity contribution is 5.80. The number of aliphatic carboxylic acids is 1. The summed E-state index contributed by atoms with van der Waals surface area (Å²) >= 11 is 0. The molecule has 0 aliphatic carbocycles. The van der Waals surface area contributed by atoms with Gasteiger partial charge in [-0.15, -0.1) is 0 Å². The van der Waals surface area contributed by atoms with E-state index in [4.69, 9.17) is 48.7 Å². The maximum atomic E-state index is 11.3. The summed E-state index contributed by atoms with van der Waals surface area (Å²) in [4.78, 5) is 21.7. The van der Waals surface area contributed by atoms with Crippen LogP contribution in [0.2, 0.25) is 0 Å². The zero-order valence-electron chi connectivity index (χ0n) is 23.4. The molecule has 0 radical (unpaired) electrons. The van der Waals surface area contributed by atoms with Crippen molar-refractivity contribution >= 4 is 17.6 Å². The smallest absolute Gasteiger partial charge is 0.303 e. The molecule has 1 amide bonds. The van der Waals surface area contributed by atoms with Crippen molar-refractivity contribution in [2.24, 2.45) is 0 Å². The van der Waals surface area contributed by atoms with Gasteiger partial charge in [0.25, 0.3) is 0 Å². The van der Waals surface area contributed by atoms with Gasteiger partial charge in [0.1, 0.15) is 12.4 Å². The number of anilines is 1. The molecule has 13 heteroatoms. The first kappa shape index (κ1) is 35.5. The molecule has 1 rings (SSSR count). The summed E-state index contributed by atoms with van der Waals surface area (Å²) in [5.41, 5.74) is 6.41. The van der Waals surface area contributed by atoms with E-state index in [1.165, 1.54) is 0 Å². The standard InChI is InChI=1S/C27H46N2O11/c28-24-4-1-2-5-25(24)40-23-22-39-21-20-38-19-18-37-17-16-36-15-14-35-13-12-34-11-10-33-9-3-8-29-26(30)6-7-27(31)32/h1-2,4-5H,3,6-23,28H2,(H,29,30)(H,31,32). The molecule has 0 spiro atoms. The highest BCUT2D eigenvalue weighted by atomic mass is 16.6. The van der Waals surface area contributed by atoms with Crippen molar-refractivity contribution in [2.45, 2.75) is 19.3 Å². The molecule has 0 atom stereocenters. The van der Waals surface area contributed by atoms with E-state index in [1.807, 2.05) is 18.2 Å². The normalized spacial score (nSPS) is 11.0. The van der Waals surface area contributed by atoms with Gasteiger partial charge in [0, 0.05) is 19.6 Å². The SMILES string of the molecule is Nc1ccccc1OCCOCCOCCOCCOCCOCCOCCOCCCNC(=O)CCC(=O)O. The number of rotatable bonds is 29. The van der Waals surface area contributed by atoms with E-state index in [-0.39, 0.29) is 18.7 Å². The van der Waals surface area contributed by atoms with Crippen molar-refractivity contribution in [1.82, 2.24) is 5.32 Å². The molecule has 40 heavy (non-hydrogen) atoms. The molecule has 4 N–H and O–H groups in total. The van der Waals surface area contributed by atoms with E-state index < -0.39 is 5.97 Å².